The molecule has 1 unspecified atom stereocenters. The number of ketones is 1. The zero-order valence-corrected chi connectivity index (χ0v) is 9.51. The highest BCUT2D eigenvalue weighted by Crippen LogP contribution is 2.18. The van der Waals surface area contributed by atoms with Crippen molar-refractivity contribution >= 4 is 17.4 Å². The van der Waals surface area contributed by atoms with Crippen LogP contribution < -0.4 is 5.73 Å². The van der Waals surface area contributed by atoms with Crippen molar-refractivity contribution in [3.05, 3.63) is 47.3 Å². The van der Waals surface area contributed by atoms with Crippen molar-refractivity contribution in [2.75, 3.05) is 0 Å². The molecule has 0 aliphatic carbocycles. The number of hydrogen-bond donors (Lipinski definition) is 1. The number of nitrogens with two attached hydrogens (primary N) is 1. The monoisotopic (exact) mass is 241 g/mol. The zero-order valence-electron chi connectivity index (χ0n) is 8.75. The van der Waals surface area contributed by atoms with Crippen molar-refractivity contribution < 1.29 is 9.18 Å². The smallest absolute Gasteiger partial charge is 0.154 e. The van der Waals surface area contributed by atoms with E-state index in [-0.39, 0.29) is 22.8 Å². The minimum atomic E-state index is -0.629. The van der Waals surface area contributed by atoms with Crippen molar-refractivity contribution in [2.24, 2.45) is 5.73 Å². The second-order valence-electron chi connectivity index (χ2n) is 3.49. The van der Waals surface area contributed by atoms with E-state index in [0.29, 0.717) is 6.42 Å². The lowest BCUT2D eigenvalue weighted by molar-refractivity contribution is -0.119. The Balaban J connectivity index is 2.77. The molecule has 0 saturated heterocycles. The minimum absolute atomic E-state index is 0.0163. The van der Waals surface area contributed by atoms with E-state index in [1.807, 2.05) is 0 Å². The molecular weight excluding hydrogens is 229 g/mol. The summed E-state index contributed by atoms with van der Waals surface area (Å²) in [6.07, 6.45) is 1.92. The summed E-state index contributed by atoms with van der Waals surface area (Å²) in [5.74, 6) is -0.774. The van der Waals surface area contributed by atoms with Crippen LogP contribution in [0.25, 0.3) is 0 Å². The lowest BCUT2D eigenvalue weighted by atomic mass is 10.0. The Bertz CT molecular complexity index is 406. The lowest BCUT2D eigenvalue weighted by Crippen LogP contribution is -2.31. The summed E-state index contributed by atoms with van der Waals surface area (Å²) in [5, 5.41) is 0.0163. The fraction of sp³-hybridized carbons (Fsp3) is 0.250. The molecule has 2 N–H and O–H groups in total. The highest BCUT2D eigenvalue weighted by Gasteiger charge is 2.15. The molecule has 0 bridgehead atoms. The van der Waals surface area contributed by atoms with Gasteiger partial charge in [0.2, 0.25) is 0 Å². The van der Waals surface area contributed by atoms with Crippen LogP contribution in [0.2, 0.25) is 5.02 Å². The Hall–Kier alpha value is -1.19. The Morgan fingerprint density at radius 3 is 2.94 bits per heavy atom. The van der Waals surface area contributed by atoms with Crippen molar-refractivity contribution in [3.8, 4) is 0 Å². The van der Waals surface area contributed by atoms with Gasteiger partial charge >= 0.3 is 0 Å². The van der Waals surface area contributed by atoms with Crippen LogP contribution in [0.4, 0.5) is 4.39 Å². The van der Waals surface area contributed by atoms with E-state index >= 15 is 0 Å². The van der Waals surface area contributed by atoms with Crippen LogP contribution in [0.3, 0.4) is 0 Å². The Kier molecular flexibility index (Phi) is 4.65. The Morgan fingerprint density at radius 1 is 1.62 bits per heavy atom. The number of hydrogen-bond acceptors (Lipinski definition) is 2. The average molecular weight is 242 g/mol. The van der Waals surface area contributed by atoms with Crippen LogP contribution in [0.1, 0.15) is 12.0 Å². The molecule has 2 nitrogen and oxygen atoms in total. The first-order chi connectivity index (χ1) is 7.56. The fourth-order valence-corrected chi connectivity index (χ4v) is 1.51. The first kappa shape index (κ1) is 12.9. The summed E-state index contributed by atoms with van der Waals surface area (Å²) in [5.41, 5.74) is 5.86. The molecule has 0 aliphatic heterocycles. The number of rotatable bonds is 5. The first-order valence-electron chi connectivity index (χ1n) is 4.88. The number of carbonyl (C=O) groups is 1. The Labute approximate surface area is 98.9 Å². The molecule has 0 aliphatic rings. The van der Waals surface area contributed by atoms with Crippen LogP contribution in [0.5, 0.6) is 0 Å². The Morgan fingerprint density at radius 2 is 2.31 bits per heavy atom. The molecule has 0 aromatic heterocycles. The van der Waals surface area contributed by atoms with Gasteiger partial charge in [-0.15, -0.1) is 6.58 Å². The maximum atomic E-state index is 13.5. The minimum Gasteiger partial charge on any atom is -0.321 e. The van der Waals surface area contributed by atoms with Gasteiger partial charge in [-0.3, -0.25) is 4.79 Å². The maximum Gasteiger partial charge on any atom is 0.154 e. The molecule has 1 atom stereocenters. The van der Waals surface area contributed by atoms with Crippen LogP contribution >= 0.6 is 11.6 Å². The lowest BCUT2D eigenvalue weighted by Gasteiger charge is -2.08. The van der Waals surface area contributed by atoms with Gasteiger partial charge in [0.15, 0.2) is 5.78 Å². The van der Waals surface area contributed by atoms with E-state index in [9.17, 15) is 9.18 Å². The van der Waals surface area contributed by atoms with Crippen LogP contribution in [-0.2, 0) is 11.2 Å². The van der Waals surface area contributed by atoms with Gasteiger partial charge in [-0.2, -0.15) is 0 Å². The van der Waals surface area contributed by atoms with Crippen LogP contribution in [0, 0.1) is 5.82 Å². The number of benzene rings is 1. The first-order valence-corrected chi connectivity index (χ1v) is 5.26. The third-order valence-electron chi connectivity index (χ3n) is 2.23. The molecule has 86 valence electrons. The van der Waals surface area contributed by atoms with Gasteiger partial charge in [0.25, 0.3) is 0 Å². The molecule has 0 spiro atoms. The summed E-state index contributed by atoms with van der Waals surface area (Å²) >= 11 is 5.60. The van der Waals surface area contributed by atoms with Gasteiger partial charge in [-0.25, -0.2) is 4.39 Å². The maximum absolute atomic E-state index is 13.5. The number of carbonyl (C=O) groups excluding carboxylic acids is 1. The molecule has 0 heterocycles. The van der Waals surface area contributed by atoms with Gasteiger partial charge in [-0.1, -0.05) is 29.8 Å². The van der Waals surface area contributed by atoms with E-state index < -0.39 is 11.9 Å². The third-order valence-corrected chi connectivity index (χ3v) is 2.52. The van der Waals surface area contributed by atoms with Gasteiger partial charge in [0.05, 0.1) is 11.1 Å². The summed E-state index contributed by atoms with van der Waals surface area (Å²) in [4.78, 5) is 11.6. The largest absolute Gasteiger partial charge is 0.321 e. The molecule has 0 fully saturated rings. The zero-order chi connectivity index (χ0) is 12.1. The van der Waals surface area contributed by atoms with Gasteiger partial charge < -0.3 is 5.73 Å². The molecule has 0 saturated carbocycles. The van der Waals surface area contributed by atoms with Gasteiger partial charge in [0.1, 0.15) is 5.82 Å². The average Bonchev–Trinajstić information content (AvgIpc) is 2.25. The number of halogens is 2. The molecule has 4 heteroatoms. The highest BCUT2D eigenvalue weighted by molar-refractivity contribution is 6.30. The van der Waals surface area contributed by atoms with Crippen LogP contribution in [-0.4, -0.2) is 11.8 Å². The normalized spacial score (nSPS) is 12.2. The summed E-state index contributed by atoms with van der Waals surface area (Å²) in [6.45, 7) is 3.49. The standard InChI is InChI=1S/C12H13ClFNO/c1-2-4-10(15)11(16)7-8-5-3-6-9(13)12(8)14/h2-3,5-6,10H,1,4,7,15H2. The predicted octanol–water partition coefficient (Wildman–Crippen LogP) is 2.49. The van der Waals surface area contributed by atoms with Crippen molar-refractivity contribution in [3.63, 3.8) is 0 Å². The second kappa shape index (κ2) is 5.77. The van der Waals surface area contributed by atoms with E-state index in [1.165, 1.54) is 12.1 Å². The molecule has 16 heavy (non-hydrogen) atoms. The van der Waals surface area contributed by atoms with Crippen LogP contribution in [0.15, 0.2) is 30.9 Å². The van der Waals surface area contributed by atoms with Crippen molar-refractivity contribution in [1.82, 2.24) is 0 Å². The van der Waals surface area contributed by atoms with Crippen molar-refractivity contribution in [1.29, 1.82) is 0 Å². The molecule has 0 radical (unpaired) electrons. The van der Waals surface area contributed by atoms with E-state index in [1.54, 1.807) is 12.1 Å². The summed E-state index contributed by atoms with van der Waals surface area (Å²) in [6, 6.07) is 3.94. The fourth-order valence-electron chi connectivity index (χ4n) is 1.31. The van der Waals surface area contributed by atoms with E-state index in [2.05, 4.69) is 6.58 Å². The molecule has 1 aromatic rings. The molecule has 1 aromatic carbocycles. The quantitative estimate of drug-likeness (QED) is 0.805. The summed E-state index contributed by atoms with van der Waals surface area (Å²) < 4.78 is 13.5. The summed E-state index contributed by atoms with van der Waals surface area (Å²) in [7, 11) is 0. The van der Waals surface area contributed by atoms with Gasteiger partial charge in [0, 0.05) is 6.42 Å². The van der Waals surface area contributed by atoms with E-state index in [0.717, 1.165) is 0 Å². The third kappa shape index (κ3) is 3.15. The molecular formula is C12H13ClFNO. The predicted molar refractivity (Wildman–Crippen MR) is 62.9 cm³/mol. The van der Waals surface area contributed by atoms with E-state index in [4.69, 9.17) is 17.3 Å². The molecule has 1 rings (SSSR count). The highest BCUT2D eigenvalue weighted by atomic mass is 35.5. The van der Waals surface area contributed by atoms with Crippen molar-refractivity contribution in [2.45, 2.75) is 18.9 Å². The topological polar surface area (TPSA) is 43.1 Å². The number of Topliss-reactive ketones (excluding diaryl/α,β-unsaturated/α-hetero) is 1. The molecule has 0 amide bonds. The second-order valence-corrected chi connectivity index (χ2v) is 3.89. The SMILES string of the molecule is C=CCC(N)C(=O)Cc1cccc(Cl)c1F. The van der Waals surface area contributed by atoms with Gasteiger partial charge in [-0.05, 0) is 18.1 Å².